The van der Waals surface area contributed by atoms with Crippen molar-refractivity contribution >= 4 is 22.9 Å². The quantitative estimate of drug-likeness (QED) is 0.802. The summed E-state index contributed by atoms with van der Waals surface area (Å²) in [6.45, 7) is 0. The number of benzene rings is 1. The number of aromatic nitrogens is 2. The second-order valence-electron chi connectivity index (χ2n) is 4.35. The van der Waals surface area contributed by atoms with Crippen LogP contribution in [-0.2, 0) is 6.42 Å². The van der Waals surface area contributed by atoms with Crippen LogP contribution in [0.25, 0.3) is 0 Å². The molecule has 0 saturated carbocycles. The minimum Gasteiger partial charge on any atom is -0.337 e. The van der Waals surface area contributed by atoms with Crippen LogP contribution in [0, 0.1) is 0 Å². The molecule has 1 aromatic carbocycles. The molecule has 0 saturated heterocycles. The number of hydrogen-bond acceptors (Lipinski definition) is 5. The molecular weight excluding hydrogens is 294 g/mol. The maximum absolute atomic E-state index is 6.08. The molecule has 0 radical (unpaired) electrons. The molecule has 3 aromatic rings. The average Bonchev–Trinajstić information content (AvgIpc) is 3.09. The van der Waals surface area contributed by atoms with E-state index in [2.05, 4.69) is 10.1 Å². The molecule has 102 valence electrons. The van der Waals surface area contributed by atoms with Gasteiger partial charge in [0.15, 0.2) is 5.82 Å². The largest absolute Gasteiger partial charge is 0.337 e. The van der Waals surface area contributed by atoms with Gasteiger partial charge in [0.1, 0.15) is 6.04 Å². The van der Waals surface area contributed by atoms with E-state index in [9.17, 15) is 0 Å². The number of thiophene rings is 1. The molecule has 1 atom stereocenters. The van der Waals surface area contributed by atoms with E-state index in [-0.39, 0.29) is 6.04 Å². The van der Waals surface area contributed by atoms with Gasteiger partial charge in [-0.15, -0.1) is 11.3 Å². The first kappa shape index (κ1) is 13.3. The van der Waals surface area contributed by atoms with Crippen LogP contribution in [0.3, 0.4) is 0 Å². The van der Waals surface area contributed by atoms with Crippen molar-refractivity contribution in [3.05, 3.63) is 69.0 Å². The van der Waals surface area contributed by atoms with Crippen molar-refractivity contribution in [2.75, 3.05) is 0 Å². The molecule has 0 fully saturated rings. The molecule has 4 nitrogen and oxygen atoms in total. The van der Waals surface area contributed by atoms with Crippen LogP contribution in [0.4, 0.5) is 0 Å². The second kappa shape index (κ2) is 5.75. The Kier molecular flexibility index (Phi) is 3.82. The van der Waals surface area contributed by atoms with E-state index in [0.29, 0.717) is 23.2 Å². The molecule has 20 heavy (non-hydrogen) atoms. The van der Waals surface area contributed by atoms with Crippen LogP contribution in [0.5, 0.6) is 0 Å². The zero-order chi connectivity index (χ0) is 13.9. The molecule has 0 bridgehead atoms. The van der Waals surface area contributed by atoms with Gasteiger partial charge in [-0.25, -0.2) is 0 Å². The Labute approximate surface area is 125 Å². The Morgan fingerprint density at radius 3 is 2.95 bits per heavy atom. The molecule has 0 aliphatic heterocycles. The zero-order valence-corrected chi connectivity index (χ0v) is 12.1. The van der Waals surface area contributed by atoms with Gasteiger partial charge in [-0.1, -0.05) is 35.0 Å². The van der Waals surface area contributed by atoms with Crippen molar-refractivity contribution in [2.45, 2.75) is 12.5 Å². The highest BCUT2D eigenvalue weighted by atomic mass is 35.5. The van der Waals surface area contributed by atoms with Crippen LogP contribution in [0.2, 0.25) is 5.02 Å². The Hall–Kier alpha value is -1.69. The van der Waals surface area contributed by atoms with Gasteiger partial charge in [0.2, 0.25) is 5.89 Å². The third-order valence-corrected chi connectivity index (χ3v) is 4.04. The van der Waals surface area contributed by atoms with E-state index < -0.39 is 0 Å². The predicted molar refractivity (Wildman–Crippen MR) is 78.9 cm³/mol. The summed E-state index contributed by atoms with van der Waals surface area (Å²) in [5.74, 6) is 1.04. The zero-order valence-electron chi connectivity index (χ0n) is 10.5. The van der Waals surface area contributed by atoms with Gasteiger partial charge in [-0.3, -0.25) is 0 Å². The monoisotopic (exact) mass is 305 g/mol. The van der Waals surface area contributed by atoms with Gasteiger partial charge >= 0.3 is 0 Å². The van der Waals surface area contributed by atoms with Crippen molar-refractivity contribution in [3.8, 4) is 0 Å². The number of halogens is 1. The predicted octanol–water partition coefficient (Wildman–Crippen LogP) is 3.42. The lowest BCUT2D eigenvalue weighted by Crippen LogP contribution is -2.10. The standard InChI is InChI=1S/C14H12ClN3OS/c15-10-4-1-3-9(7-10)8-12-17-14(19-18-12)13(16)11-5-2-6-20-11/h1-7,13H,8,16H2. The summed E-state index contributed by atoms with van der Waals surface area (Å²) in [4.78, 5) is 5.35. The molecule has 2 aromatic heterocycles. The maximum atomic E-state index is 6.08. The topological polar surface area (TPSA) is 64.9 Å². The Balaban J connectivity index is 1.77. The minimum atomic E-state index is -0.365. The van der Waals surface area contributed by atoms with Crippen LogP contribution in [0.15, 0.2) is 46.3 Å². The summed E-state index contributed by atoms with van der Waals surface area (Å²) in [6.07, 6.45) is 0.571. The third kappa shape index (κ3) is 2.90. The van der Waals surface area contributed by atoms with Gasteiger partial charge in [-0.2, -0.15) is 4.98 Å². The van der Waals surface area contributed by atoms with Gasteiger partial charge in [0.25, 0.3) is 0 Å². The van der Waals surface area contributed by atoms with Crippen LogP contribution in [-0.4, -0.2) is 10.1 Å². The molecule has 2 N–H and O–H groups in total. The fourth-order valence-corrected chi connectivity index (χ4v) is 2.82. The molecule has 2 heterocycles. The number of hydrogen-bond donors (Lipinski definition) is 1. The highest BCUT2D eigenvalue weighted by molar-refractivity contribution is 7.10. The van der Waals surface area contributed by atoms with Crippen molar-refractivity contribution in [1.29, 1.82) is 0 Å². The SMILES string of the molecule is NC(c1nc(Cc2cccc(Cl)c2)no1)c1cccs1. The van der Waals surface area contributed by atoms with Crippen LogP contribution < -0.4 is 5.73 Å². The Bertz CT molecular complexity index is 696. The maximum Gasteiger partial charge on any atom is 0.248 e. The summed E-state index contributed by atoms with van der Waals surface area (Å²) in [5.41, 5.74) is 7.12. The van der Waals surface area contributed by atoms with Crippen molar-refractivity contribution in [1.82, 2.24) is 10.1 Å². The molecule has 0 aliphatic rings. The minimum absolute atomic E-state index is 0.365. The number of nitrogens with zero attached hydrogens (tertiary/aromatic N) is 2. The van der Waals surface area contributed by atoms with Gasteiger partial charge in [0.05, 0.1) is 0 Å². The molecule has 0 aliphatic carbocycles. The molecule has 6 heteroatoms. The van der Waals surface area contributed by atoms with Crippen molar-refractivity contribution in [3.63, 3.8) is 0 Å². The second-order valence-corrected chi connectivity index (χ2v) is 5.76. The van der Waals surface area contributed by atoms with E-state index in [0.717, 1.165) is 10.4 Å². The van der Waals surface area contributed by atoms with Gasteiger partial charge < -0.3 is 10.3 Å². The lowest BCUT2D eigenvalue weighted by Gasteiger charge is -2.01. The van der Waals surface area contributed by atoms with Crippen LogP contribution in [0.1, 0.15) is 28.2 Å². The third-order valence-electron chi connectivity index (χ3n) is 2.85. The summed E-state index contributed by atoms with van der Waals surface area (Å²) in [5, 5.41) is 6.63. The van der Waals surface area contributed by atoms with Gasteiger partial charge in [0, 0.05) is 16.3 Å². The lowest BCUT2D eigenvalue weighted by molar-refractivity contribution is 0.364. The van der Waals surface area contributed by atoms with E-state index in [1.165, 1.54) is 0 Å². The average molecular weight is 306 g/mol. The summed E-state index contributed by atoms with van der Waals surface area (Å²) < 4.78 is 5.24. The summed E-state index contributed by atoms with van der Waals surface area (Å²) in [6, 6.07) is 11.1. The van der Waals surface area contributed by atoms with Gasteiger partial charge in [-0.05, 0) is 29.1 Å². The fourth-order valence-electron chi connectivity index (χ4n) is 1.89. The molecular formula is C14H12ClN3OS. The van der Waals surface area contributed by atoms with Crippen molar-refractivity contribution in [2.24, 2.45) is 5.73 Å². The first-order valence-corrected chi connectivity index (χ1v) is 7.34. The molecule has 1 unspecified atom stereocenters. The fraction of sp³-hybridized carbons (Fsp3) is 0.143. The van der Waals surface area contributed by atoms with Crippen molar-refractivity contribution < 1.29 is 4.52 Å². The smallest absolute Gasteiger partial charge is 0.248 e. The Morgan fingerprint density at radius 2 is 2.20 bits per heavy atom. The first-order chi connectivity index (χ1) is 9.72. The van der Waals surface area contributed by atoms with E-state index >= 15 is 0 Å². The molecule has 0 spiro atoms. The molecule has 0 amide bonds. The first-order valence-electron chi connectivity index (χ1n) is 6.08. The summed E-state index contributed by atoms with van der Waals surface area (Å²) in [7, 11) is 0. The number of rotatable bonds is 4. The van der Waals surface area contributed by atoms with Crippen LogP contribution >= 0.6 is 22.9 Å². The normalized spacial score (nSPS) is 12.5. The number of nitrogens with two attached hydrogens (primary N) is 1. The van der Waals surface area contributed by atoms with E-state index in [1.54, 1.807) is 11.3 Å². The van der Waals surface area contributed by atoms with E-state index in [4.69, 9.17) is 21.9 Å². The highest BCUT2D eigenvalue weighted by Crippen LogP contribution is 2.22. The summed E-state index contributed by atoms with van der Waals surface area (Å²) >= 11 is 7.52. The lowest BCUT2D eigenvalue weighted by atomic mass is 10.1. The highest BCUT2D eigenvalue weighted by Gasteiger charge is 2.17. The Morgan fingerprint density at radius 1 is 1.30 bits per heavy atom. The molecule has 3 rings (SSSR count). The van der Waals surface area contributed by atoms with E-state index in [1.807, 2.05) is 41.8 Å².